The van der Waals surface area contributed by atoms with Crippen molar-refractivity contribution in [2.75, 3.05) is 27.3 Å². The van der Waals surface area contributed by atoms with E-state index in [0.29, 0.717) is 31.0 Å². The molecule has 8 heteroatoms. The second kappa shape index (κ2) is 9.36. The molecule has 1 aliphatic rings. The number of methoxy groups -OCH3 is 2. The number of rotatable bonds is 6. The number of hydrogen-bond acceptors (Lipinski definition) is 6. The number of amides is 1. The fraction of sp³-hybridized carbons (Fsp3) is 0.429. The standard InChI is InChI=1S/C21H25N3O5/c1-28-17-5-3-4-16(13-17)18-6-7-19(25)24(22-18)14-20(26)23-10-8-15(9-11-23)12-21(27)29-2/h3-7,13,15H,8-12,14H2,1-2H3. The summed E-state index contributed by atoms with van der Waals surface area (Å²) in [5.41, 5.74) is 1.06. The van der Waals surface area contributed by atoms with Crippen LogP contribution in [-0.4, -0.2) is 53.9 Å². The summed E-state index contributed by atoms with van der Waals surface area (Å²) >= 11 is 0. The number of aromatic nitrogens is 2. The quantitative estimate of drug-likeness (QED) is 0.687. The normalized spacial score (nSPS) is 14.5. The average molecular weight is 399 g/mol. The third kappa shape index (κ3) is 5.22. The van der Waals surface area contributed by atoms with E-state index in [1.165, 1.54) is 17.9 Å². The smallest absolute Gasteiger partial charge is 0.305 e. The number of likely N-dealkylation sites (tertiary alicyclic amines) is 1. The first-order chi connectivity index (χ1) is 14.0. The molecule has 0 N–H and O–H groups in total. The number of benzene rings is 1. The van der Waals surface area contributed by atoms with Crippen molar-refractivity contribution in [2.45, 2.75) is 25.8 Å². The predicted octanol–water partition coefficient (Wildman–Crippen LogP) is 1.72. The predicted molar refractivity (Wildman–Crippen MR) is 106 cm³/mol. The molecule has 1 aliphatic heterocycles. The molecule has 1 aromatic heterocycles. The highest BCUT2D eigenvalue weighted by Crippen LogP contribution is 2.22. The Kier molecular flexibility index (Phi) is 6.64. The minimum Gasteiger partial charge on any atom is -0.497 e. The van der Waals surface area contributed by atoms with E-state index in [1.807, 2.05) is 24.3 Å². The summed E-state index contributed by atoms with van der Waals surface area (Å²) < 4.78 is 11.1. The Balaban J connectivity index is 1.66. The largest absolute Gasteiger partial charge is 0.497 e. The maximum Gasteiger partial charge on any atom is 0.305 e. The van der Waals surface area contributed by atoms with Crippen molar-refractivity contribution in [3.63, 3.8) is 0 Å². The van der Waals surface area contributed by atoms with Crippen molar-refractivity contribution in [1.82, 2.24) is 14.7 Å². The van der Waals surface area contributed by atoms with Crippen molar-refractivity contribution in [3.05, 3.63) is 46.8 Å². The Morgan fingerprint density at radius 2 is 1.90 bits per heavy atom. The molecule has 1 aromatic carbocycles. The summed E-state index contributed by atoms with van der Waals surface area (Å²) in [6, 6.07) is 10.4. The van der Waals surface area contributed by atoms with Crippen LogP contribution >= 0.6 is 0 Å². The van der Waals surface area contributed by atoms with Gasteiger partial charge in [0.15, 0.2) is 0 Å². The van der Waals surface area contributed by atoms with E-state index in [-0.39, 0.29) is 29.9 Å². The molecule has 0 unspecified atom stereocenters. The summed E-state index contributed by atoms with van der Waals surface area (Å²) in [4.78, 5) is 38.0. The van der Waals surface area contributed by atoms with Crippen LogP contribution in [0.5, 0.6) is 5.75 Å². The average Bonchev–Trinajstić information content (AvgIpc) is 2.75. The van der Waals surface area contributed by atoms with Gasteiger partial charge >= 0.3 is 5.97 Å². The topological polar surface area (TPSA) is 90.7 Å². The summed E-state index contributed by atoms with van der Waals surface area (Å²) in [6.45, 7) is 1.01. The fourth-order valence-electron chi connectivity index (χ4n) is 3.43. The lowest BCUT2D eigenvalue weighted by Gasteiger charge is -2.31. The Morgan fingerprint density at radius 3 is 2.59 bits per heavy atom. The monoisotopic (exact) mass is 399 g/mol. The van der Waals surface area contributed by atoms with Gasteiger partial charge in [0.2, 0.25) is 5.91 Å². The van der Waals surface area contributed by atoms with E-state index >= 15 is 0 Å². The zero-order valence-electron chi connectivity index (χ0n) is 16.7. The van der Waals surface area contributed by atoms with Gasteiger partial charge in [-0.15, -0.1) is 0 Å². The molecule has 2 aromatic rings. The Hall–Kier alpha value is -3.16. The van der Waals surface area contributed by atoms with E-state index in [1.54, 1.807) is 18.1 Å². The minimum absolute atomic E-state index is 0.113. The number of piperidine rings is 1. The van der Waals surface area contributed by atoms with Gasteiger partial charge < -0.3 is 14.4 Å². The minimum atomic E-state index is -0.328. The Labute approximate surface area is 169 Å². The molecule has 8 nitrogen and oxygen atoms in total. The van der Waals surface area contributed by atoms with Crippen molar-refractivity contribution < 1.29 is 19.1 Å². The van der Waals surface area contributed by atoms with E-state index in [9.17, 15) is 14.4 Å². The SMILES string of the molecule is COC(=O)CC1CCN(C(=O)Cn2nc(-c3cccc(OC)c3)ccc2=O)CC1. The molecule has 0 atom stereocenters. The van der Waals surface area contributed by atoms with Crippen molar-refractivity contribution in [2.24, 2.45) is 5.92 Å². The van der Waals surface area contributed by atoms with E-state index in [2.05, 4.69) is 5.10 Å². The first-order valence-electron chi connectivity index (χ1n) is 9.57. The van der Waals surface area contributed by atoms with Gasteiger partial charge in [0.05, 0.1) is 19.9 Å². The molecule has 1 fully saturated rings. The van der Waals surface area contributed by atoms with E-state index in [0.717, 1.165) is 18.4 Å². The van der Waals surface area contributed by atoms with Gasteiger partial charge in [0.25, 0.3) is 5.56 Å². The van der Waals surface area contributed by atoms with Crippen LogP contribution in [0.4, 0.5) is 0 Å². The van der Waals surface area contributed by atoms with Crippen LogP contribution in [0.15, 0.2) is 41.2 Å². The number of hydrogen-bond donors (Lipinski definition) is 0. The van der Waals surface area contributed by atoms with Crippen LogP contribution < -0.4 is 10.3 Å². The number of esters is 1. The molecule has 29 heavy (non-hydrogen) atoms. The van der Waals surface area contributed by atoms with Gasteiger partial charge in [-0.2, -0.15) is 5.10 Å². The van der Waals surface area contributed by atoms with Crippen molar-refractivity contribution in [3.8, 4) is 17.0 Å². The molecule has 1 saturated heterocycles. The van der Waals surface area contributed by atoms with Crippen LogP contribution in [0.3, 0.4) is 0 Å². The molecule has 0 bridgehead atoms. The lowest BCUT2D eigenvalue weighted by Crippen LogP contribution is -2.42. The zero-order valence-corrected chi connectivity index (χ0v) is 16.7. The fourth-order valence-corrected chi connectivity index (χ4v) is 3.43. The maximum absolute atomic E-state index is 12.7. The number of carbonyl (C=O) groups is 2. The summed E-state index contributed by atoms with van der Waals surface area (Å²) in [5, 5.41) is 4.36. The third-order valence-electron chi connectivity index (χ3n) is 5.17. The molecule has 1 amide bonds. The molecular formula is C21H25N3O5. The molecule has 3 rings (SSSR count). The van der Waals surface area contributed by atoms with Crippen LogP contribution in [0.2, 0.25) is 0 Å². The van der Waals surface area contributed by atoms with Gasteiger partial charge in [-0.1, -0.05) is 12.1 Å². The van der Waals surface area contributed by atoms with Gasteiger partial charge in [0.1, 0.15) is 12.3 Å². The summed E-state index contributed by atoms with van der Waals surface area (Å²) in [7, 11) is 2.96. The molecular weight excluding hydrogens is 374 g/mol. The second-order valence-electron chi connectivity index (χ2n) is 7.05. The molecule has 154 valence electrons. The van der Waals surface area contributed by atoms with Gasteiger partial charge in [-0.05, 0) is 37.0 Å². The summed E-state index contributed by atoms with van der Waals surface area (Å²) in [6.07, 6.45) is 1.86. The van der Waals surface area contributed by atoms with E-state index in [4.69, 9.17) is 9.47 Å². The number of nitrogens with zero attached hydrogens (tertiary/aromatic N) is 3. The van der Waals surface area contributed by atoms with Gasteiger partial charge in [0, 0.05) is 31.1 Å². The lowest BCUT2D eigenvalue weighted by atomic mass is 9.93. The van der Waals surface area contributed by atoms with Crippen molar-refractivity contribution >= 4 is 11.9 Å². The van der Waals surface area contributed by atoms with Crippen LogP contribution in [-0.2, 0) is 20.9 Å². The van der Waals surface area contributed by atoms with Gasteiger partial charge in [-0.25, -0.2) is 4.68 Å². The molecule has 0 aliphatic carbocycles. The van der Waals surface area contributed by atoms with Crippen LogP contribution in [0.25, 0.3) is 11.3 Å². The third-order valence-corrected chi connectivity index (χ3v) is 5.17. The Bertz CT molecular complexity index is 932. The molecule has 0 radical (unpaired) electrons. The highest BCUT2D eigenvalue weighted by molar-refractivity contribution is 5.76. The molecule has 0 spiro atoms. The Morgan fingerprint density at radius 1 is 1.14 bits per heavy atom. The maximum atomic E-state index is 12.7. The first kappa shape index (κ1) is 20.6. The first-order valence-corrected chi connectivity index (χ1v) is 9.57. The van der Waals surface area contributed by atoms with Crippen LogP contribution in [0, 0.1) is 5.92 Å². The zero-order chi connectivity index (χ0) is 20.8. The number of ether oxygens (including phenoxy) is 2. The second-order valence-corrected chi connectivity index (χ2v) is 7.05. The summed E-state index contributed by atoms with van der Waals surface area (Å²) in [5.74, 6) is 0.537. The van der Waals surface area contributed by atoms with Gasteiger partial charge in [-0.3, -0.25) is 14.4 Å². The lowest BCUT2D eigenvalue weighted by molar-refractivity contribution is -0.142. The highest BCUT2D eigenvalue weighted by atomic mass is 16.5. The van der Waals surface area contributed by atoms with Crippen molar-refractivity contribution in [1.29, 1.82) is 0 Å². The molecule has 2 heterocycles. The van der Waals surface area contributed by atoms with E-state index < -0.39 is 0 Å². The number of carbonyl (C=O) groups excluding carboxylic acids is 2. The van der Waals surface area contributed by atoms with Crippen LogP contribution in [0.1, 0.15) is 19.3 Å². The molecule has 0 saturated carbocycles. The highest BCUT2D eigenvalue weighted by Gasteiger charge is 2.25.